The molecule has 0 aromatic heterocycles. The predicted octanol–water partition coefficient (Wildman–Crippen LogP) is 0.147. The number of nitrogens with one attached hydrogen (secondary N) is 1. The van der Waals surface area contributed by atoms with Crippen LogP contribution in [-0.2, 0) is 14.3 Å². The molecule has 2 rings (SSSR count). The molecule has 1 aliphatic heterocycles. The third-order valence-electron chi connectivity index (χ3n) is 4.46. The first-order chi connectivity index (χ1) is 9.50. The number of nitrogens with zero attached hydrogens (tertiary/aromatic N) is 1. The number of likely N-dealkylation sites (tertiary alicyclic amines) is 1. The summed E-state index contributed by atoms with van der Waals surface area (Å²) < 4.78 is 4.97. The summed E-state index contributed by atoms with van der Waals surface area (Å²) in [5, 5.41) is 3.07. The highest BCUT2D eigenvalue weighted by atomic mass is 35.5. The molecule has 0 spiro atoms. The Bertz CT molecular complexity index is 390. The van der Waals surface area contributed by atoms with Gasteiger partial charge in [-0.1, -0.05) is 0 Å². The van der Waals surface area contributed by atoms with Crippen LogP contribution in [0.25, 0.3) is 0 Å². The summed E-state index contributed by atoms with van der Waals surface area (Å²) in [6, 6.07) is 0. The van der Waals surface area contributed by atoms with Gasteiger partial charge in [-0.25, -0.2) is 0 Å². The van der Waals surface area contributed by atoms with E-state index in [1.807, 2.05) is 6.92 Å². The Labute approximate surface area is 132 Å². The van der Waals surface area contributed by atoms with Crippen LogP contribution < -0.4 is 11.1 Å². The van der Waals surface area contributed by atoms with E-state index >= 15 is 0 Å². The Morgan fingerprint density at radius 2 is 2.19 bits per heavy atom. The van der Waals surface area contributed by atoms with Gasteiger partial charge in [0, 0.05) is 33.2 Å². The minimum atomic E-state index is -0.319. The van der Waals surface area contributed by atoms with E-state index in [1.165, 1.54) is 0 Å². The lowest BCUT2D eigenvalue weighted by Crippen LogP contribution is -2.54. The molecule has 7 heteroatoms. The molecule has 1 aliphatic carbocycles. The molecule has 21 heavy (non-hydrogen) atoms. The maximum Gasteiger partial charge on any atom is 0.225 e. The molecule has 0 bridgehead atoms. The summed E-state index contributed by atoms with van der Waals surface area (Å²) >= 11 is 0. The van der Waals surface area contributed by atoms with Crippen LogP contribution in [0.4, 0.5) is 0 Å². The number of halogens is 1. The van der Waals surface area contributed by atoms with Gasteiger partial charge in [0.1, 0.15) is 0 Å². The topological polar surface area (TPSA) is 84.7 Å². The van der Waals surface area contributed by atoms with Gasteiger partial charge >= 0.3 is 0 Å². The molecule has 2 amide bonds. The van der Waals surface area contributed by atoms with Crippen LogP contribution in [-0.4, -0.2) is 55.6 Å². The van der Waals surface area contributed by atoms with E-state index in [4.69, 9.17) is 10.5 Å². The second kappa shape index (κ2) is 7.42. The minimum Gasteiger partial charge on any atom is -0.383 e. The normalized spacial score (nSPS) is 24.4. The molecule has 0 aromatic rings. The van der Waals surface area contributed by atoms with Crippen LogP contribution in [0, 0.1) is 11.8 Å². The molecule has 3 N–H and O–H groups in total. The van der Waals surface area contributed by atoms with Gasteiger partial charge in [-0.2, -0.15) is 0 Å². The van der Waals surface area contributed by atoms with Crippen molar-refractivity contribution in [2.75, 3.05) is 33.4 Å². The van der Waals surface area contributed by atoms with E-state index in [0.717, 1.165) is 12.8 Å². The first kappa shape index (κ1) is 18.2. The molecule has 1 saturated carbocycles. The highest BCUT2D eigenvalue weighted by molar-refractivity contribution is 5.89. The monoisotopic (exact) mass is 319 g/mol. The zero-order chi connectivity index (χ0) is 14.8. The van der Waals surface area contributed by atoms with Gasteiger partial charge in [0.2, 0.25) is 11.8 Å². The molecule has 1 heterocycles. The quantitative estimate of drug-likeness (QED) is 0.699. The second-order valence-electron chi connectivity index (χ2n) is 6.12. The van der Waals surface area contributed by atoms with Gasteiger partial charge < -0.3 is 20.7 Å². The smallest absolute Gasteiger partial charge is 0.225 e. The number of hydrogen-bond acceptors (Lipinski definition) is 4. The molecule has 2 atom stereocenters. The van der Waals surface area contributed by atoms with Crippen LogP contribution in [0.1, 0.15) is 26.2 Å². The third-order valence-corrected chi connectivity index (χ3v) is 4.46. The van der Waals surface area contributed by atoms with E-state index in [0.29, 0.717) is 38.6 Å². The zero-order valence-corrected chi connectivity index (χ0v) is 13.6. The van der Waals surface area contributed by atoms with E-state index < -0.39 is 0 Å². The standard InChI is InChI=1S/C14H25N3O3.ClH/c1-14(9-15,11-3-4-11)16-13(19)10-7-12(18)17(8-10)5-6-20-2;/h10-11H,3-9,15H2,1-2H3,(H,16,19);1H. The van der Waals surface area contributed by atoms with Crippen molar-refractivity contribution in [3.63, 3.8) is 0 Å². The number of hydrogen-bond donors (Lipinski definition) is 2. The number of carbonyl (C=O) groups is 2. The van der Waals surface area contributed by atoms with E-state index in [2.05, 4.69) is 5.32 Å². The molecule has 0 aromatic carbocycles. The van der Waals surface area contributed by atoms with Gasteiger partial charge in [-0.3, -0.25) is 9.59 Å². The SMILES string of the molecule is COCCN1CC(C(=O)NC(C)(CN)C2CC2)CC1=O.Cl. The van der Waals surface area contributed by atoms with Gasteiger partial charge in [0.05, 0.1) is 18.1 Å². The summed E-state index contributed by atoms with van der Waals surface area (Å²) in [6.45, 7) is 3.98. The molecule has 2 unspecified atom stereocenters. The Morgan fingerprint density at radius 1 is 1.52 bits per heavy atom. The predicted molar refractivity (Wildman–Crippen MR) is 82.1 cm³/mol. The highest BCUT2D eigenvalue weighted by Gasteiger charge is 2.43. The average molecular weight is 320 g/mol. The Morgan fingerprint density at radius 3 is 2.71 bits per heavy atom. The van der Waals surface area contributed by atoms with Crippen molar-refractivity contribution in [2.45, 2.75) is 31.7 Å². The number of carbonyl (C=O) groups excluding carboxylic acids is 2. The summed E-state index contributed by atoms with van der Waals surface area (Å²) in [4.78, 5) is 25.9. The molecule has 122 valence electrons. The molecule has 2 aliphatic rings. The number of amides is 2. The summed E-state index contributed by atoms with van der Waals surface area (Å²) in [6.07, 6.45) is 2.54. The van der Waals surface area contributed by atoms with E-state index in [-0.39, 0.29) is 35.7 Å². The lowest BCUT2D eigenvalue weighted by atomic mass is 9.94. The Balaban J connectivity index is 0.00000220. The van der Waals surface area contributed by atoms with Crippen LogP contribution in [0.5, 0.6) is 0 Å². The fourth-order valence-corrected chi connectivity index (χ4v) is 2.79. The molecule has 6 nitrogen and oxygen atoms in total. The summed E-state index contributed by atoms with van der Waals surface area (Å²) in [5.74, 6) is 0.211. The van der Waals surface area contributed by atoms with Crippen molar-refractivity contribution in [3.8, 4) is 0 Å². The third kappa shape index (κ3) is 4.31. The molecule has 0 radical (unpaired) electrons. The lowest BCUT2D eigenvalue weighted by molar-refractivity contribution is -0.129. The Hall–Kier alpha value is -0.850. The largest absolute Gasteiger partial charge is 0.383 e. The zero-order valence-electron chi connectivity index (χ0n) is 12.8. The van der Waals surface area contributed by atoms with Crippen LogP contribution >= 0.6 is 12.4 Å². The minimum absolute atomic E-state index is 0. The van der Waals surface area contributed by atoms with Crippen molar-refractivity contribution in [1.29, 1.82) is 0 Å². The summed E-state index contributed by atoms with van der Waals surface area (Å²) in [5.41, 5.74) is 5.49. The van der Waals surface area contributed by atoms with Crippen molar-refractivity contribution < 1.29 is 14.3 Å². The lowest BCUT2D eigenvalue weighted by Gasteiger charge is -2.30. The first-order valence-electron chi connectivity index (χ1n) is 7.29. The van der Waals surface area contributed by atoms with Crippen LogP contribution in [0.3, 0.4) is 0 Å². The van der Waals surface area contributed by atoms with Crippen LogP contribution in [0.15, 0.2) is 0 Å². The molecule has 1 saturated heterocycles. The fraction of sp³-hybridized carbons (Fsp3) is 0.857. The summed E-state index contributed by atoms with van der Waals surface area (Å²) in [7, 11) is 1.60. The average Bonchev–Trinajstić information content (AvgIpc) is 3.21. The highest BCUT2D eigenvalue weighted by Crippen LogP contribution is 2.39. The number of nitrogens with two attached hydrogens (primary N) is 1. The van der Waals surface area contributed by atoms with Crippen LogP contribution in [0.2, 0.25) is 0 Å². The van der Waals surface area contributed by atoms with E-state index in [1.54, 1.807) is 12.0 Å². The van der Waals surface area contributed by atoms with Crippen molar-refractivity contribution in [1.82, 2.24) is 10.2 Å². The second-order valence-corrected chi connectivity index (χ2v) is 6.12. The molecule has 2 fully saturated rings. The van der Waals surface area contributed by atoms with Gasteiger partial charge in [-0.15, -0.1) is 12.4 Å². The van der Waals surface area contributed by atoms with Gasteiger partial charge in [0.15, 0.2) is 0 Å². The fourth-order valence-electron chi connectivity index (χ4n) is 2.79. The van der Waals surface area contributed by atoms with Crippen molar-refractivity contribution in [2.24, 2.45) is 17.6 Å². The maximum atomic E-state index is 12.3. The maximum absolute atomic E-state index is 12.3. The van der Waals surface area contributed by atoms with Gasteiger partial charge in [0.25, 0.3) is 0 Å². The van der Waals surface area contributed by atoms with Crippen molar-refractivity contribution >= 4 is 24.2 Å². The molecular weight excluding hydrogens is 294 g/mol. The van der Waals surface area contributed by atoms with Crippen molar-refractivity contribution in [3.05, 3.63) is 0 Å². The number of methoxy groups -OCH3 is 1. The van der Waals surface area contributed by atoms with E-state index in [9.17, 15) is 9.59 Å². The molecular formula is C14H26ClN3O3. The Kier molecular flexibility index (Phi) is 6.43. The number of rotatable bonds is 7. The number of ether oxygens (including phenoxy) is 1. The first-order valence-corrected chi connectivity index (χ1v) is 7.29. The van der Waals surface area contributed by atoms with Gasteiger partial charge in [-0.05, 0) is 25.7 Å².